The summed E-state index contributed by atoms with van der Waals surface area (Å²) in [6, 6.07) is 0. The van der Waals surface area contributed by atoms with Gasteiger partial charge in [0.2, 0.25) is 0 Å². The van der Waals surface area contributed by atoms with Gasteiger partial charge < -0.3 is 0 Å². The molecule has 2 aliphatic carbocycles. The molecular weight excluding hydrogens is 336 g/mol. The molecule has 0 aromatic rings. The second-order valence-electron chi connectivity index (χ2n) is 6.87. The van der Waals surface area contributed by atoms with E-state index in [9.17, 15) is 0 Å². The fourth-order valence-electron chi connectivity index (χ4n) is 3.16. The number of hydrogen-bond acceptors (Lipinski definition) is 0. The molecule has 0 fully saturated rings. The molecule has 152 valence electrons. The highest BCUT2D eigenvalue weighted by Gasteiger charge is 2.19. The number of allylic oxidation sites excluding steroid dienone is 18. The zero-order valence-corrected chi connectivity index (χ0v) is 18.2. The van der Waals surface area contributed by atoms with Crippen molar-refractivity contribution in [3.8, 4) is 0 Å². The molecule has 28 heavy (non-hydrogen) atoms. The average Bonchev–Trinajstić information content (AvgIpc) is 2.98. The maximum absolute atomic E-state index is 2.36. The van der Waals surface area contributed by atoms with Gasteiger partial charge in [-0.25, -0.2) is 0 Å². The van der Waals surface area contributed by atoms with Gasteiger partial charge in [0.1, 0.15) is 0 Å². The number of rotatable bonds is 4. The first-order valence-corrected chi connectivity index (χ1v) is 10.2. The molecule has 0 saturated carbocycles. The van der Waals surface area contributed by atoms with E-state index in [0.717, 1.165) is 0 Å². The SMILES string of the molecule is C.C/C=C\C(=C/C)C1=CC(C2=CC=CC(C)C=C2)=CC(C)(/C=C/C)C=C1.CC. The zero-order valence-electron chi connectivity index (χ0n) is 18.2. The Morgan fingerprint density at radius 3 is 2.32 bits per heavy atom. The van der Waals surface area contributed by atoms with E-state index in [1.807, 2.05) is 13.8 Å². The van der Waals surface area contributed by atoms with Crippen LogP contribution in [-0.4, -0.2) is 0 Å². The summed E-state index contributed by atoms with van der Waals surface area (Å²) in [6.45, 7) is 14.7. The lowest BCUT2D eigenvalue weighted by Crippen LogP contribution is -2.05. The molecule has 0 radical (unpaired) electrons. The van der Waals surface area contributed by atoms with Crippen LogP contribution in [0.15, 0.2) is 107 Å². The Kier molecular flexibility index (Phi) is 11.9. The highest BCUT2D eigenvalue weighted by molar-refractivity contribution is 5.59. The molecule has 0 saturated heterocycles. The van der Waals surface area contributed by atoms with Crippen molar-refractivity contribution in [2.75, 3.05) is 0 Å². The lowest BCUT2D eigenvalue weighted by molar-refractivity contribution is 0.713. The summed E-state index contributed by atoms with van der Waals surface area (Å²) in [5.41, 5.74) is 4.92. The highest BCUT2D eigenvalue weighted by Crippen LogP contribution is 2.34. The molecule has 0 aliphatic heterocycles. The van der Waals surface area contributed by atoms with Crippen LogP contribution < -0.4 is 0 Å². The molecule has 2 rings (SSSR count). The van der Waals surface area contributed by atoms with Gasteiger partial charge in [-0.05, 0) is 62.0 Å². The molecule has 0 aromatic carbocycles. The van der Waals surface area contributed by atoms with Gasteiger partial charge in [-0.2, -0.15) is 0 Å². The van der Waals surface area contributed by atoms with Crippen LogP contribution in [0.25, 0.3) is 0 Å². The van der Waals surface area contributed by atoms with E-state index in [1.54, 1.807) is 0 Å². The van der Waals surface area contributed by atoms with E-state index >= 15 is 0 Å². The summed E-state index contributed by atoms with van der Waals surface area (Å²) in [5.74, 6) is 0.470. The van der Waals surface area contributed by atoms with Gasteiger partial charge in [-0.1, -0.05) is 107 Å². The number of hydrogen-bond donors (Lipinski definition) is 0. The maximum Gasteiger partial charge on any atom is 0.0225 e. The van der Waals surface area contributed by atoms with Crippen molar-refractivity contribution < 1.29 is 0 Å². The molecule has 2 unspecified atom stereocenters. The Labute approximate surface area is 174 Å². The molecule has 0 aromatic heterocycles. The minimum atomic E-state index is -0.0899. The third kappa shape index (κ3) is 7.35. The van der Waals surface area contributed by atoms with Crippen LogP contribution in [0.5, 0.6) is 0 Å². The Bertz CT molecular complexity index is 754. The molecule has 2 atom stereocenters. The molecule has 0 amide bonds. The predicted octanol–water partition coefficient (Wildman–Crippen LogP) is 8.86. The van der Waals surface area contributed by atoms with Crippen molar-refractivity contribution in [2.24, 2.45) is 11.3 Å². The molecule has 0 heteroatoms. The van der Waals surface area contributed by atoms with Crippen LogP contribution in [-0.2, 0) is 0 Å². The Hall–Kier alpha value is -2.34. The van der Waals surface area contributed by atoms with Crippen molar-refractivity contribution in [3.63, 3.8) is 0 Å². The monoisotopic (exact) mass is 376 g/mol. The van der Waals surface area contributed by atoms with Crippen molar-refractivity contribution in [1.29, 1.82) is 0 Å². The van der Waals surface area contributed by atoms with E-state index in [-0.39, 0.29) is 12.8 Å². The molecule has 2 aliphatic rings. The zero-order chi connectivity index (χ0) is 20.3. The van der Waals surface area contributed by atoms with Crippen LogP contribution in [0.2, 0.25) is 0 Å². The molecule has 0 heterocycles. The fraction of sp³-hybridized carbons (Fsp3) is 0.357. The lowest BCUT2D eigenvalue weighted by Gasteiger charge is -2.18. The Morgan fingerprint density at radius 1 is 1.00 bits per heavy atom. The second kappa shape index (κ2) is 12.9. The van der Waals surface area contributed by atoms with Crippen molar-refractivity contribution in [1.82, 2.24) is 0 Å². The van der Waals surface area contributed by atoms with E-state index in [4.69, 9.17) is 0 Å². The molecule has 0 bridgehead atoms. The maximum atomic E-state index is 2.36. The third-order valence-electron chi connectivity index (χ3n) is 4.52. The first-order chi connectivity index (χ1) is 13.0. The minimum absolute atomic E-state index is 0. The average molecular weight is 377 g/mol. The van der Waals surface area contributed by atoms with Gasteiger partial charge in [0.05, 0.1) is 0 Å². The second-order valence-corrected chi connectivity index (χ2v) is 6.87. The normalized spacial score (nSPS) is 24.6. The van der Waals surface area contributed by atoms with Crippen LogP contribution in [0.4, 0.5) is 0 Å². The van der Waals surface area contributed by atoms with Crippen LogP contribution in [0.1, 0.15) is 55.9 Å². The van der Waals surface area contributed by atoms with Crippen molar-refractivity contribution in [2.45, 2.75) is 55.9 Å². The standard InChI is InChI=1S/C25H30.C2H6.CH4/c1-6-10-21(8-3)23-15-17-25(5,16-7-2)19-24(18-23)22-12-9-11-20(4)13-14-22;1-2;/h6-20H,1-5H3;1-2H3;1H4/b10-6-,16-7+,21-8+;;. The quantitative estimate of drug-likeness (QED) is 0.339. The molecule has 0 nitrogen and oxygen atoms in total. The first kappa shape index (κ1) is 25.7. The summed E-state index contributed by atoms with van der Waals surface area (Å²) in [7, 11) is 0. The first-order valence-electron chi connectivity index (χ1n) is 10.2. The molecule has 0 spiro atoms. The van der Waals surface area contributed by atoms with Crippen LogP contribution >= 0.6 is 0 Å². The summed E-state index contributed by atoms with van der Waals surface area (Å²) in [5, 5.41) is 0. The van der Waals surface area contributed by atoms with Crippen LogP contribution in [0, 0.1) is 11.3 Å². The van der Waals surface area contributed by atoms with Gasteiger partial charge in [-0.3, -0.25) is 0 Å². The van der Waals surface area contributed by atoms with Gasteiger partial charge in [-0.15, -0.1) is 0 Å². The van der Waals surface area contributed by atoms with Crippen molar-refractivity contribution >= 4 is 0 Å². The van der Waals surface area contributed by atoms with E-state index in [1.165, 1.54) is 22.3 Å². The van der Waals surface area contributed by atoms with Crippen molar-refractivity contribution in [3.05, 3.63) is 107 Å². The van der Waals surface area contributed by atoms with Gasteiger partial charge in [0.25, 0.3) is 0 Å². The van der Waals surface area contributed by atoms with E-state index < -0.39 is 0 Å². The molecule has 0 N–H and O–H groups in total. The smallest absolute Gasteiger partial charge is 0.0225 e. The summed E-state index contributed by atoms with van der Waals surface area (Å²) in [4.78, 5) is 0. The Balaban J connectivity index is 0.00000235. The largest absolute Gasteiger partial charge is 0.0905 e. The summed E-state index contributed by atoms with van der Waals surface area (Å²) in [6.07, 6.45) is 31.1. The van der Waals surface area contributed by atoms with Crippen LogP contribution in [0.3, 0.4) is 0 Å². The lowest BCUT2D eigenvalue weighted by atomic mass is 9.86. The minimum Gasteiger partial charge on any atom is -0.0905 e. The predicted molar refractivity (Wildman–Crippen MR) is 130 cm³/mol. The van der Waals surface area contributed by atoms with Gasteiger partial charge >= 0.3 is 0 Å². The topological polar surface area (TPSA) is 0 Å². The van der Waals surface area contributed by atoms with E-state index in [0.29, 0.717) is 5.92 Å². The summed E-state index contributed by atoms with van der Waals surface area (Å²) < 4.78 is 0. The Morgan fingerprint density at radius 2 is 1.71 bits per heavy atom. The van der Waals surface area contributed by atoms with Gasteiger partial charge in [0.15, 0.2) is 0 Å². The fourth-order valence-corrected chi connectivity index (χ4v) is 3.16. The van der Waals surface area contributed by atoms with Gasteiger partial charge in [0, 0.05) is 5.41 Å². The summed E-state index contributed by atoms with van der Waals surface area (Å²) >= 11 is 0. The van der Waals surface area contributed by atoms with E-state index in [2.05, 4.69) is 120 Å². The molecular formula is C28H40. The highest BCUT2D eigenvalue weighted by atomic mass is 14.2. The third-order valence-corrected chi connectivity index (χ3v) is 4.52.